The van der Waals surface area contributed by atoms with Crippen LogP contribution in [0, 0.1) is 12.3 Å². The van der Waals surface area contributed by atoms with Gasteiger partial charge < -0.3 is 5.32 Å². The summed E-state index contributed by atoms with van der Waals surface area (Å²) in [7, 11) is 0. The van der Waals surface area contributed by atoms with E-state index in [9.17, 15) is 4.79 Å². The van der Waals surface area contributed by atoms with Crippen molar-refractivity contribution in [3.05, 3.63) is 24.4 Å². The molecule has 0 radical (unpaired) electrons. The zero-order valence-corrected chi connectivity index (χ0v) is 5.37. The summed E-state index contributed by atoms with van der Waals surface area (Å²) < 4.78 is 0. The zero-order chi connectivity index (χ0) is 7.45. The smallest absolute Gasteiger partial charge is 0.173 e. The standard InChI is InChI=1S/C8H7NO/c1-2-8(7-10)5-3-4-6-9-8/h1,3-7,9H. The summed E-state index contributed by atoms with van der Waals surface area (Å²) in [5, 5.41) is 2.76. The van der Waals surface area contributed by atoms with Gasteiger partial charge in [-0.2, -0.15) is 0 Å². The van der Waals surface area contributed by atoms with Crippen LogP contribution in [-0.4, -0.2) is 11.8 Å². The molecular formula is C8H7NO. The van der Waals surface area contributed by atoms with Crippen LogP contribution < -0.4 is 5.32 Å². The monoisotopic (exact) mass is 133 g/mol. The molecule has 0 aromatic rings. The molecule has 1 aliphatic rings. The van der Waals surface area contributed by atoms with Crippen LogP contribution >= 0.6 is 0 Å². The summed E-state index contributed by atoms with van der Waals surface area (Å²) in [4.78, 5) is 10.4. The molecule has 0 saturated carbocycles. The van der Waals surface area contributed by atoms with Gasteiger partial charge in [0.2, 0.25) is 0 Å². The van der Waals surface area contributed by atoms with Crippen LogP contribution in [0.25, 0.3) is 0 Å². The van der Waals surface area contributed by atoms with E-state index in [0.29, 0.717) is 6.29 Å². The van der Waals surface area contributed by atoms with Crippen LogP contribution in [0.5, 0.6) is 0 Å². The van der Waals surface area contributed by atoms with Crippen molar-refractivity contribution in [2.45, 2.75) is 5.54 Å². The van der Waals surface area contributed by atoms with Crippen molar-refractivity contribution >= 4 is 6.29 Å². The second kappa shape index (κ2) is 2.40. The molecule has 0 spiro atoms. The lowest BCUT2D eigenvalue weighted by molar-refractivity contribution is -0.110. The Morgan fingerprint density at radius 3 is 2.70 bits per heavy atom. The van der Waals surface area contributed by atoms with Gasteiger partial charge >= 0.3 is 0 Å². The summed E-state index contributed by atoms with van der Waals surface area (Å²) in [6.45, 7) is 0. The van der Waals surface area contributed by atoms with Gasteiger partial charge in [0.15, 0.2) is 11.8 Å². The van der Waals surface area contributed by atoms with E-state index in [2.05, 4.69) is 11.2 Å². The second-order valence-electron chi connectivity index (χ2n) is 1.99. The predicted molar refractivity (Wildman–Crippen MR) is 39.0 cm³/mol. The maximum absolute atomic E-state index is 10.4. The van der Waals surface area contributed by atoms with Gasteiger partial charge in [0, 0.05) is 0 Å². The van der Waals surface area contributed by atoms with Gasteiger partial charge in [0.25, 0.3) is 0 Å². The molecule has 2 heteroatoms. The molecule has 1 rings (SSSR count). The molecule has 0 aromatic heterocycles. The van der Waals surface area contributed by atoms with Gasteiger partial charge in [-0.25, -0.2) is 0 Å². The Morgan fingerprint density at radius 1 is 1.60 bits per heavy atom. The highest BCUT2D eigenvalue weighted by Gasteiger charge is 2.21. The van der Waals surface area contributed by atoms with Crippen molar-refractivity contribution in [1.82, 2.24) is 5.32 Å². The predicted octanol–water partition coefficient (Wildman–Crippen LogP) is 0.230. The highest BCUT2D eigenvalue weighted by molar-refractivity contribution is 5.74. The molecule has 1 heterocycles. The minimum atomic E-state index is -0.908. The number of terminal acetylenes is 1. The molecule has 0 amide bonds. The van der Waals surface area contributed by atoms with E-state index in [1.165, 1.54) is 0 Å². The van der Waals surface area contributed by atoms with Crippen LogP contribution in [-0.2, 0) is 4.79 Å². The van der Waals surface area contributed by atoms with E-state index in [0.717, 1.165) is 0 Å². The molecule has 0 fully saturated rings. The van der Waals surface area contributed by atoms with Gasteiger partial charge in [-0.1, -0.05) is 12.0 Å². The SMILES string of the molecule is C#CC1(C=O)C=CC=CN1. The third-order valence-electron chi connectivity index (χ3n) is 1.31. The van der Waals surface area contributed by atoms with Crippen molar-refractivity contribution in [1.29, 1.82) is 0 Å². The van der Waals surface area contributed by atoms with Gasteiger partial charge in [0.05, 0.1) is 0 Å². The summed E-state index contributed by atoms with van der Waals surface area (Å²) in [6, 6.07) is 0. The molecule has 1 N–H and O–H groups in total. The number of carbonyl (C=O) groups is 1. The number of allylic oxidation sites excluding steroid dienone is 2. The van der Waals surface area contributed by atoms with E-state index in [-0.39, 0.29) is 0 Å². The highest BCUT2D eigenvalue weighted by Crippen LogP contribution is 2.05. The molecular weight excluding hydrogens is 126 g/mol. The number of hydrogen-bond donors (Lipinski definition) is 1. The Hall–Kier alpha value is -1.49. The first-order valence-corrected chi connectivity index (χ1v) is 2.89. The van der Waals surface area contributed by atoms with Crippen molar-refractivity contribution in [3.8, 4) is 12.3 Å². The second-order valence-corrected chi connectivity index (χ2v) is 1.99. The number of aldehydes is 1. The lowest BCUT2D eigenvalue weighted by Crippen LogP contribution is -2.41. The summed E-state index contributed by atoms with van der Waals surface area (Å²) in [5.41, 5.74) is -0.908. The Labute approximate surface area is 59.6 Å². The lowest BCUT2D eigenvalue weighted by atomic mass is 10.0. The lowest BCUT2D eigenvalue weighted by Gasteiger charge is -2.19. The van der Waals surface area contributed by atoms with Crippen molar-refractivity contribution in [2.75, 3.05) is 0 Å². The van der Waals surface area contributed by atoms with Crippen LogP contribution in [0.2, 0.25) is 0 Å². The van der Waals surface area contributed by atoms with Crippen LogP contribution in [0.15, 0.2) is 24.4 Å². The average molecular weight is 133 g/mol. The van der Waals surface area contributed by atoms with E-state index in [1.807, 2.05) is 0 Å². The molecule has 0 aliphatic carbocycles. The Kier molecular flexibility index (Phi) is 1.59. The molecule has 0 saturated heterocycles. The molecule has 10 heavy (non-hydrogen) atoms. The largest absolute Gasteiger partial charge is 0.366 e. The van der Waals surface area contributed by atoms with Crippen molar-refractivity contribution in [2.24, 2.45) is 0 Å². The van der Waals surface area contributed by atoms with Crippen LogP contribution in [0.1, 0.15) is 0 Å². The summed E-state index contributed by atoms with van der Waals surface area (Å²) in [5.74, 6) is 2.35. The number of dihydropyridines is 1. The molecule has 0 bridgehead atoms. The Bertz CT molecular complexity index is 234. The van der Waals surface area contributed by atoms with E-state index >= 15 is 0 Å². The van der Waals surface area contributed by atoms with E-state index in [1.54, 1.807) is 24.4 Å². The summed E-state index contributed by atoms with van der Waals surface area (Å²) in [6.07, 6.45) is 12.6. The molecule has 0 aromatic carbocycles. The van der Waals surface area contributed by atoms with Gasteiger partial charge in [-0.15, -0.1) is 6.42 Å². The Balaban J connectivity index is 2.89. The topological polar surface area (TPSA) is 29.1 Å². The van der Waals surface area contributed by atoms with Crippen LogP contribution in [0.4, 0.5) is 0 Å². The van der Waals surface area contributed by atoms with E-state index < -0.39 is 5.54 Å². The number of hydrogen-bond acceptors (Lipinski definition) is 2. The zero-order valence-electron chi connectivity index (χ0n) is 5.37. The quantitative estimate of drug-likeness (QED) is 0.410. The fourth-order valence-corrected chi connectivity index (χ4v) is 0.694. The van der Waals surface area contributed by atoms with Gasteiger partial charge in [0.1, 0.15) is 0 Å². The fraction of sp³-hybridized carbons (Fsp3) is 0.125. The maximum atomic E-state index is 10.4. The fourth-order valence-electron chi connectivity index (χ4n) is 0.694. The van der Waals surface area contributed by atoms with Crippen molar-refractivity contribution in [3.63, 3.8) is 0 Å². The average Bonchev–Trinajstić information content (AvgIpc) is 2.06. The number of rotatable bonds is 1. The minimum absolute atomic E-state index is 0.701. The van der Waals surface area contributed by atoms with Crippen LogP contribution in [0.3, 0.4) is 0 Å². The maximum Gasteiger partial charge on any atom is 0.173 e. The van der Waals surface area contributed by atoms with E-state index in [4.69, 9.17) is 6.42 Å². The molecule has 2 nitrogen and oxygen atoms in total. The van der Waals surface area contributed by atoms with Gasteiger partial charge in [-0.05, 0) is 18.4 Å². The number of nitrogens with one attached hydrogen (secondary N) is 1. The van der Waals surface area contributed by atoms with Gasteiger partial charge in [-0.3, -0.25) is 4.79 Å². The third-order valence-corrected chi connectivity index (χ3v) is 1.31. The first-order valence-electron chi connectivity index (χ1n) is 2.89. The first-order chi connectivity index (χ1) is 4.83. The normalized spacial score (nSPS) is 28.7. The molecule has 1 atom stereocenters. The molecule has 50 valence electrons. The minimum Gasteiger partial charge on any atom is -0.366 e. The molecule has 1 aliphatic heterocycles. The highest BCUT2D eigenvalue weighted by atomic mass is 16.1. The Morgan fingerprint density at radius 2 is 2.40 bits per heavy atom. The first kappa shape index (κ1) is 6.63. The third kappa shape index (κ3) is 0.939. The molecule has 1 unspecified atom stereocenters. The number of carbonyl (C=O) groups excluding carboxylic acids is 1. The van der Waals surface area contributed by atoms with Crippen molar-refractivity contribution < 1.29 is 4.79 Å². The summed E-state index contributed by atoms with van der Waals surface area (Å²) >= 11 is 0.